The molecule has 0 radical (unpaired) electrons. The van der Waals surface area contributed by atoms with Gasteiger partial charge in [-0.3, -0.25) is 0 Å². The van der Waals surface area contributed by atoms with E-state index in [2.05, 4.69) is 19.2 Å². The molecule has 0 bridgehead atoms. The van der Waals surface area contributed by atoms with E-state index in [-0.39, 0.29) is 29.7 Å². The first-order valence-electron chi connectivity index (χ1n) is 11.4. The van der Waals surface area contributed by atoms with Crippen molar-refractivity contribution in [3.63, 3.8) is 0 Å². The fraction of sp³-hybridized carbons (Fsp3) is 0.500. The highest BCUT2D eigenvalue weighted by Crippen LogP contribution is 2.24. The molecule has 33 heavy (non-hydrogen) atoms. The second-order valence-corrected chi connectivity index (χ2v) is 12.9. The number of nitrogens with zero attached hydrogens (tertiary/aromatic N) is 2. The molecule has 0 amide bonds. The largest absolute Gasteiger partial charge is 0.314 e. The molecule has 0 aliphatic carbocycles. The molecular weight excluding hydrogens is 458 g/mol. The van der Waals surface area contributed by atoms with Crippen LogP contribution in [0, 0.1) is 0 Å². The fourth-order valence-electron chi connectivity index (χ4n) is 3.94. The zero-order valence-electron chi connectivity index (χ0n) is 19.6. The molecule has 1 fully saturated rings. The van der Waals surface area contributed by atoms with Crippen LogP contribution >= 0.6 is 0 Å². The molecule has 0 unspecified atom stereocenters. The van der Waals surface area contributed by atoms with Gasteiger partial charge in [0.25, 0.3) is 0 Å². The highest BCUT2D eigenvalue weighted by Gasteiger charge is 2.30. The van der Waals surface area contributed by atoms with Gasteiger partial charge in [-0.25, -0.2) is 16.8 Å². The summed E-state index contributed by atoms with van der Waals surface area (Å²) in [6, 6.07) is 16.6. The van der Waals surface area contributed by atoms with E-state index >= 15 is 0 Å². The van der Waals surface area contributed by atoms with E-state index < -0.39 is 20.0 Å². The molecule has 0 spiro atoms. The van der Waals surface area contributed by atoms with Gasteiger partial charge in [0.1, 0.15) is 0 Å². The summed E-state index contributed by atoms with van der Waals surface area (Å²) in [5, 5.41) is 3.14. The third-order valence-electron chi connectivity index (χ3n) is 6.10. The molecule has 2 aromatic rings. The van der Waals surface area contributed by atoms with Crippen molar-refractivity contribution in [3.05, 3.63) is 65.7 Å². The van der Waals surface area contributed by atoms with E-state index in [4.69, 9.17) is 0 Å². The van der Waals surface area contributed by atoms with E-state index in [1.54, 1.807) is 12.1 Å². The molecule has 1 heterocycles. The Morgan fingerprint density at radius 2 is 1.48 bits per heavy atom. The lowest BCUT2D eigenvalue weighted by molar-refractivity contribution is 0.354. The Morgan fingerprint density at radius 1 is 0.879 bits per heavy atom. The van der Waals surface area contributed by atoms with Gasteiger partial charge in [-0.05, 0) is 35.1 Å². The predicted octanol–water partition coefficient (Wildman–Crippen LogP) is 2.84. The Kier molecular flexibility index (Phi) is 8.69. The van der Waals surface area contributed by atoms with Crippen molar-refractivity contribution >= 4 is 20.0 Å². The van der Waals surface area contributed by atoms with Crippen LogP contribution in [0.3, 0.4) is 0 Å². The summed E-state index contributed by atoms with van der Waals surface area (Å²) < 4.78 is 55.8. The standard InChI is InChI=1S/C24H35N3O4S2/c1-20(2)22-9-11-24(12-10-22)33(30,31)27(19-21(3)23-7-5-4-6-8-23)17-18-32(28,29)26-15-13-25-14-16-26/h4-12,20-21,25H,13-19H2,1-3H3/t21-/m0/s1. The van der Waals surface area contributed by atoms with Crippen LogP contribution in [0.5, 0.6) is 0 Å². The Morgan fingerprint density at radius 3 is 2.06 bits per heavy atom. The van der Waals surface area contributed by atoms with Gasteiger partial charge >= 0.3 is 0 Å². The molecule has 0 aromatic heterocycles. The van der Waals surface area contributed by atoms with Crippen LogP contribution < -0.4 is 5.32 Å². The van der Waals surface area contributed by atoms with Crippen LogP contribution in [-0.2, 0) is 20.0 Å². The lowest BCUT2D eigenvalue weighted by Crippen LogP contribution is -2.48. The Labute approximate surface area is 198 Å². The molecule has 1 atom stereocenters. The second-order valence-electron chi connectivity index (χ2n) is 8.86. The van der Waals surface area contributed by atoms with Crippen molar-refractivity contribution in [2.45, 2.75) is 37.5 Å². The minimum absolute atomic E-state index is 0.0854. The topological polar surface area (TPSA) is 86.8 Å². The summed E-state index contributed by atoms with van der Waals surface area (Å²) in [5.74, 6) is -0.0319. The monoisotopic (exact) mass is 493 g/mol. The second kappa shape index (κ2) is 11.1. The molecular formula is C24H35N3O4S2. The van der Waals surface area contributed by atoms with Gasteiger partial charge in [-0.2, -0.15) is 8.61 Å². The van der Waals surface area contributed by atoms with E-state index in [0.717, 1.165) is 11.1 Å². The Hall–Kier alpha value is -1.78. The summed E-state index contributed by atoms with van der Waals surface area (Å²) in [6.45, 7) is 8.22. The normalized spacial score (nSPS) is 16.9. The summed E-state index contributed by atoms with van der Waals surface area (Å²) >= 11 is 0. The van der Waals surface area contributed by atoms with Crippen LogP contribution in [0.4, 0.5) is 0 Å². The number of hydrogen-bond donors (Lipinski definition) is 1. The fourth-order valence-corrected chi connectivity index (χ4v) is 7.04. The van der Waals surface area contributed by atoms with Crippen molar-refractivity contribution in [3.8, 4) is 0 Å². The quantitative estimate of drug-likeness (QED) is 0.550. The van der Waals surface area contributed by atoms with Gasteiger partial charge in [-0.15, -0.1) is 0 Å². The number of rotatable bonds is 10. The molecule has 1 aliphatic heterocycles. The first-order valence-corrected chi connectivity index (χ1v) is 14.5. The third-order valence-corrected chi connectivity index (χ3v) is 9.83. The molecule has 1 saturated heterocycles. The van der Waals surface area contributed by atoms with Gasteiger partial charge in [0.05, 0.1) is 10.6 Å². The first-order chi connectivity index (χ1) is 15.6. The lowest BCUT2D eigenvalue weighted by atomic mass is 10.0. The van der Waals surface area contributed by atoms with Crippen LogP contribution in [0.25, 0.3) is 0 Å². The van der Waals surface area contributed by atoms with Crippen molar-refractivity contribution < 1.29 is 16.8 Å². The van der Waals surface area contributed by atoms with E-state index in [9.17, 15) is 16.8 Å². The summed E-state index contributed by atoms with van der Waals surface area (Å²) in [7, 11) is -7.41. The Bertz CT molecular complexity index is 1100. The van der Waals surface area contributed by atoms with Crippen molar-refractivity contribution in [1.82, 2.24) is 13.9 Å². The van der Waals surface area contributed by atoms with Crippen molar-refractivity contribution in [2.75, 3.05) is 45.0 Å². The molecule has 3 rings (SSSR count). The maximum atomic E-state index is 13.6. The number of piperazine rings is 1. The minimum atomic E-state index is -3.86. The highest BCUT2D eigenvalue weighted by atomic mass is 32.2. The maximum absolute atomic E-state index is 13.6. The van der Waals surface area contributed by atoms with Gasteiger partial charge in [-0.1, -0.05) is 63.2 Å². The average molecular weight is 494 g/mol. The van der Waals surface area contributed by atoms with E-state index in [0.29, 0.717) is 32.1 Å². The molecule has 1 N–H and O–H groups in total. The molecule has 2 aromatic carbocycles. The molecule has 1 aliphatic rings. The average Bonchev–Trinajstić information content (AvgIpc) is 2.82. The molecule has 7 nitrogen and oxygen atoms in total. The smallest absolute Gasteiger partial charge is 0.243 e. The number of hydrogen-bond acceptors (Lipinski definition) is 5. The Balaban J connectivity index is 1.85. The van der Waals surface area contributed by atoms with Crippen LogP contribution in [-0.4, -0.2) is 70.5 Å². The van der Waals surface area contributed by atoms with Crippen LogP contribution in [0.2, 0.25) is 0 Å². The molecule has 9 heteroatoms. The lowest BCUT2D eigenvalue weighted by Gasteiger charge is -2.29. The summed E-state index contributed by atoms with van der Waals surface area (Å²) in [4.78, 5) is 0.187. The minimum Gasteiger partial charge on any atom is -0.314 e. The van der Waals surface area contributed by atoms with E-state index in [1.807, 2.05) is 49.4 Å². The van der Waals surface area contributed by atoms with Crippen molar-refractivity contribution in [1.29, 1.82) is 0 Å². The number of sulfonamides is 2. The summed E-state index contributed by atoms with van der Waals surface area (Å²) in [5.41, 5.74) is 2.07. The van der Waals surface area contributed by atoms with Crippen LogP contribution in [0.15, 0.2) is 59.5 Å². The van der Waals surface area contributed by atoms with Gasteiger partial charge in [0, 0.05) is 39.3 Å². The summed E-state index contributed by atoms with van der Waals surface area (Å²) in [6.07, 6.45) is 0. The predicted molar refractivity (Wildman–Crippen MR) is 132 cm³/mol. The zero-order valence-corrected chi connectivity index (χ0v) is 21.3. The number of benzene rings is 2. The van der Waals surface area contributed by atoms with Gasteiger partial charge in [0.15, 0.2) is 0 Å². The zero-order chi connectivity index (χ0) is 24.1. The SMILES string of the molecule is CC(C)c1ccc(S(=O)(=O)N(CCS(=O)(=O)N2CCNCC2)C[C@H](C)c2ccccc2)cc1. The highest BCUT2D eigenvalue weighted by molar-refractivity contribution is 7.90. The van der Waals surface area contributed by atoms with Gasteiger partial charge < -0.3 is 5.32 Å². The molecule has 0 saturated carbocycles. The third kappa shape index (κ3) is 6.64. The van der Waals surface area contributed by atoms with Crippen LogP contribution in [0.1, 0.15) is 43.7 Å². The first kappa shape index (κ1) is 25.8. The maximum Gasteiger partial charge on any atom is 0.243 e. The number of nitrogens with one attached hydrogen (secondary N) is 1. The molecule has 182 valence electrons. The van der Waals surface area contributed by atoms with E-state index in [1.165, 1.54) is 8.61 Å². The van der Waals surface area contributed by atoms with Gasteiger partial charge in [0.2, 0.25) is 20.0 Å². The van der Waals surface area contributed by atoms with Crippen molar-refractivity contribution in [2.24, 2.45) is 0 Å².